The summed E-state index contributed by atoms with van der Waals surface area (Å²) in [7, 11) is 1.45. The molecule has 90 valence electrons. The van der Waals surface area contributed by atoms with Crippen LogP contribution in [0.1, 0.15) is 13.8 Å². The predicted molar refractivity (Wildman–Crippen MR) is 59.3 cm³/mol. The number of carbonyl (C=O) groups excluding carboxylic acids is 2. The van der Waals surface area contributed by atoms with Crippen LogP contribution in [0, 0.1) is 0 Å². The summed E-state index contributed by atoms with van der Waals surface area (Å²) in [5.41, 5.74) is -0.832. The van der Waals surface area contributed by atoms with Gasteiger partial charge in [0.2, 0.25) is 0 Å². The van der Waals surface area contributed by atoms with E-state index in [-0.39, 0.29) is 12.5 Å². The average Bonchev–Trinajstić information content (AvgIpc) is 2.24. The first kappa shape index (κ1) is 14.4. The van der Waals surface area contributed by atoms with Crippen molar-refractivity contribution in [3.8, 4) is 0 Å². The van der Waals surface area contributed by atoms with E-state index in [1.54, 1.807) is 13.8 Å². The molecular formula is C11H17NO4. The highest BCUT2D eigenvalue weighted by atomic mass is 16.7. The molecule has 0 spiro atoms. The van der Waals surface area contributed by atoms with Crippen LogP contribution in [0.15, 0.2) is 25.3 Å². The molecule has 0 aliphatic carbocycles. The van der Waals surface area contributed by atoms with Crippen molar-refractivity contribution in [3.05, 3.63) is 25.3 Å². The highest BCUT2D eigenvalue weighted by Gasteiger charge is 2.23. The molecule has 0 fully saturated rings. The summed E-state index contributed by atoms with van der Waals surface area (Å²) in [4.78, 5) is 27.1. The molecule has 0 aliphatic rings. The number of ether oxygens (including phenoxy) is 1. The number of nitrogens with zero attached hydrogens (tertiary/aromatic N) is 1. The molecule has 0 saturated carbocycles. The maximum atomic E-state index is 11.1. The Morgan fingerprint density at radius 2 is 1.88 bits per heavy atom. The van der Waals surface area contributed by atoms with Gasteiger partial charge in [-0.2, -0.15) is 0 Å². The zero-order chi connectivity index (χ0) is 12.8. The molecule has 0 rings (SSSR count). The second-order valence-corrected chi connectivity index (χ2v) is 3.70. The van der Waals surface area contributed by atoms with Crippen molar-refractivity contribution in [3.63, 3.8) is 0 Å². The van der Waals surface area contributed by atoms with Crippen LogP contribution in [0.4, 0.5) is 0 Å². The van der Waals surface area contributed by atoms with E-state index in [0.717, 1.165) is 17.2 Å². The Labute approximate surface area is 95.3 Å². The quantitative estimate of drug-likeness (QED) is 0.387. The Bertz CT molecular complexity index is 296. The highest BCUT2D eigenvalue weighted by Crippen LogP contribution is 2.11. The van der Waals surface area contributed by atoms with Crippen LogP contribution in [-0.2, 0) is 19.2 Å². The molecule has 0 atom stereocenters. The van der Waals surface area contributed by atoms with E-state index in [0.29, 0.717) is 0 Å². The van der Waals surface area contributed by atoms with E-state index >= 15 is 0 Å². The van der Waals surface area contributed by atoms with Gasteiger partial charge in [0.05, 0.1) is 0 Å². The van der Waals surface area contributed by atoms with Crippen LogP contribution < -0.4 is 0 Å². The minimum atomic E-state index is -0.832. The van der Waals surface area contributed by atoms with Crippen LogP contribution in [0.2, 0.25) is 0 Å². The van der Waals surface area contributed by atoms with Crippen LogP contribution in [0.5, 0.6) is 0 Å². The third-order valence-electron chi connectivity index (χ3n) is 1.63. The molecule has 0 radical (unpaired) electrons. The summed E-state index contributed by atoms with van der Waals surface area (Å²) < 4.78 is 5.01. The van der Waals surface area contributed by atoms with E-state index in [9.17, 15) is 9.59 Å². The van der Waals surface area contributed by atoms with Crippen molar-refractivity contribution in [2.45, 2.75) is 19.4 Å². The van der Waals surface area contributed by atoms with E-state index in [4.69, 9.17) is 9.57 Å². The fourth-order valence-electron chi connectivity index (χ4n) is 0.788. The first-order chi connectivity index (χ1) is 7.32. The number of carbonyl (C=O) groups is 2. The Morgan fingerprint density at radius 3 is 2.31 bits per heavy atom. The second kappa shape index (κ2) is 6.07. The third kappa shape index (κ3) is 5.31. The topological polar surface area (TPSA) is 55.8 Å². The van der Waals surface area contributed by atoms with Gasteiger partial charge in [-0.1, -0.05) is 13.2 Å². The lowest BCUT2D eigenvalue weighted by molar-refractivity contribution is -0.197. The summed E-state index contributed by atoms with van der Waals surface area (Å²) in [6.07, 6.45) is 2.20. The smallest absolute Gasteiger partial charge is 0.330 e. The number of hydroxylamine groups is 2. The molecule has 0 heterocycles. The van der Waals surface area contributed by atoms with Crippen molar-refractivity contribution in [2.75, 3.05) is 13.7 Å². The van der Waals surface area contributed by atoms with E-state index in [2.05, 4.69) is 13.2 Å². The van der Waals surface area contributed by atoms with E-state index in [1.807, 2.05) is 0 Å². The van der Waals surface area contributed by atoms with Gasteiger partial charge in [0, 0.05) is 13.1 Å². The molecule has 0 aliphatic heterocycles. The first-order valence-electron chi connectivity index (χ1n) is 4.71. The normalized spacial score (nSPS) is 10.4. The van der Waals surface area contributed by atoms with Gasteiger partial charge in [0.25, 0.3) is 5.91 Å². The molecule has 5 heteroatoms. The molecule has 0 bridgehead atoms. The van der Waals surface area contributed by atoms with Gasteiger partial charge in [-0.25, -0.2) is 9.86 Å². The Morgan fingerprint density at radius 1 is 1.31 bits per heavy atom. The molecule has 0 saturated heterocycles. The number of esters is 1. The molecule has 0 N–H and O–H groups in total. The summed E-state index contributed by atoms with van der Waals surface area (Å²) in [5.74, 6) is -0.905. The monoisotopic (exact) mass is 227 g/mol. The lowest BCUT2D eigenvalue weighted by atomic mass is 10.1. The first-order valence-corrected chi connectivity index (χ1v) is 4.71. The minimum absolute atomic E-state index is 0.0582. The van der Waals surface area contributed by atoms with Gasteiger partial charge in [-0.05, 0) is 19.9 Å². The van der Waals surface area contributed by atoms with Crippen molar-refractivity contribution in [1.29, 1.82) is 0 Å². The number of rotatable bonds is 6. The van der Waals surface area contributed by atoms with Gasteiger partial charge in [0.15, 0.2) is 0 Å². The SMILES string of the molecule is C=CC(=O)OC(C)(C)CON(C)C(=O)C=C. The Balaban J connectivity index is 4.17. The number of likely N-dealkylation sites (N-methyl/N-ethyl adjacent to an activating group) is 1. The van der Waals surface area contributed by atoms with Crippen molar-refractivity contribution < 1.29 is 19.2 Å². The van der Waals surface area contributed by atoms with Crippen LogP contribution in [0.3, 0.4) is 0 Å². The molecule has 0 aromatic rings. The molecule has 16 heavy (non-hydrogen) atoms. The summed E-state index contributed by atoms with van der Waals surface area (Å²) >= 11 is 0. The third-order valence-corrected chi connectivity index (χ3v) is 1.63. The maximum Gasteiger partial charge on any atom is 0.330 e. The van der Waals surface area contributed by atoms with E-state index in [1.165, 1.54) is 7.05 Å². The van der Waals surface area contributed by atoms with Crippen molar-refractivity contribution in [1.82, 2.24) is 5.06 Å². The molecule has 0 unspecified atom stereocenters. The largest absolute Gasteiger partial charge is 0.454 e. The number of hydrogen-bond acceptors (Lipinski definition) is 4. The van der Waals surface area contributed by atoms with Gasteiger partial charge in [-0.3, -0.25) is 9.63 Å². The van der Waals surface area contributed by atoms with Gasteiger partial charge >= 0.3 is 5.97 Å². The number of amides is 1. The summed E-state index contributed by atoms with van der Waals surface area (Å²) in [6, 6.07) is 0. The minimum Gasteiger partial charge on any atom is -0.454 e. The fourth-order valence-corrected chi connectivity index (χ4v) is 0.788. The molecule has 1 amide bonds. The summed E-state index contributed by atoms with van der Waals surface area (Å²) in [6.45, 7) is 10.00. The number of hydrogen-bond donors (Lipinski definition) is 0. The van der Waals surface area contributed by atoms with Gasteiger partial charge in [-0.15, -0.1) is 0 Å². The predicted octanol–water partition coefficient (Wildman–Crippen LogP) is 1.07. The lowest BCUT2D eigenvalue weighted by Gasteiger charge is -2.26. The molecular weight excluding hydrogens is 210 g/mol. The van der Waals surface area contributed by atoms with E-state index < -0.39 is 11.6 Å². The molecule has 0 aromatic heterocycles. The van der Waals surface area contributed by atoms with Crippen molar-refractivity contribution >= 4 is 11.9 Å². The molecule has 5 nitrogen and oxygen atoms in total. The fraction of sp³-hybridized carbons (Fsp3) is 0.455. The standard InChI is InChI=1S/C11H17NO4/c1-6-9(13)12(5)15-8-11(3,4)16-10(14)7-2/h6-7H,1-2,8H2,3-5H3. The Hall–Kier alpha value is -1.62. The maximum absolute atomic E-state index is 11.1. The Kier molecular flexibility index (Phi) is 5.46. The zero-order valence-electron chi connectivity index (χ0n) is 9.86. The van der Waals surface area contributed by atoms with Gasteiger partial charge in [0.1, 0.15) is 12.2 Å². The lowest BCUT2D eigenvalue weighted by Crippen LogP contribution is -2.37. The van der Waals surface area contributed by atoms with Crippen LogP contribution >= 0.6 is 0 Å². The van der Waals surface area contributed by atoms with Gasteiger partial charge < -0.3 is 4.74 Å². The zero-order valence-corrected chi connectivity index (χ0v) is 9.86. The second-order valence-electron chi connectivity index (χ2n) is 3.70. The van der Waals surface area contributed by atoms with Crippen LogP contribution in [-0.4, -0.2) is 36.2 Å². The summed E-state index contributed by atoms with van der Waals surface area (Å²) in [5, 5.41) is 1.02. The average molecular weight is 227 g/mol. The van der Waals surface area contributed by atoms with Crippen molar-refractivity contribution in [2.24, 2.45) is 0 Å². The highest BCUT2D eigenvalue weighted by molar-refractivity contribution is 5.85. The van der Waals surface area contributed by atoms with Crippen LogP contribution in [0.25, 0.3) is 0 Å². The molecule has 0 aromatic carbocycles.